The minimum absolute atomic E-state index is 0.304. The zero-order valence-electron chi connectivity index (χ0n) is 8.23. The lowest BCUT2D eigenvalue weighted by atomic mass is 10.3. The molecule has 2 rings (SSSR count). The Bertz CT molecular complexity index is 509. The number of hydrogen-bond acceptors (Lipinski definition) is 3. The Morgan fingerprint density at radius 3 is 2.69 bits per heavy atom. The Hall–Kier alpha value is -0.840. The molecular formula is C9H7Cl3N4. The zero-order chi connectivity index (χ0) is 11.7. The van der Waals surface area contributed by atoms with Crippen molar-refractivity contribution in [2.75, 3.05) is 0 Å². The standard InChI is InChI=1S/C9H7Cl3N4/c1-5(10)9-13-14-15-16(9)8-3-2-6(11)4-7(8)12/h2-5H,1H3. The second kappa shape index (κ2) is 4.57. The van der Waals surface area contributed by atoms with Gasteiger partial charge in [0.2, 0.25) is 0 Å². The molecule has 0 amide bonds. The van der Waals surface area contributed by atoms with E-state index in [0.717, 1.165) is 0 Å². The van der Waals surface area contributed by atoms with Crippen LogP contribution in [0.4, 0.5) is 0 Å². The van der Waals surface area contributed by atoms with Gasteiger partial charge < -0.3 is 0 Å². The van der Waals surface area contributed by atoms with Crippen LogP contribution in [0.5, 0.6) is 0 Å². The number of halogens is 3. The van der Waals surface area contributed by atoms with Gasteiger partial charge in [0.1, 0.15) is 0 Å². The van der Waals surface area contributed by atoms with Crippen molar-refractivity contribution in [1.82, 2.24) is 20.2 Å². The number of nitrogens with zero attached hydrogens (tertiary/aromatic N) is 4. The summed E-state index contributed by atoms with van der Waals surface area (Å²) in [5.41, 5.74) is 0.651. The van der Waals surface area contributed by atoms with Crippen molar-refractivity contribution in [3.63, 3.8) is 0 Å². The van der Waals surface area contributed by atoms with Crippen molar-refractivity contribution in [1.29, 1.82) is 0 Å². The Labute approximate surface area is 107 Å². The Balaban J connectivity index is 2.54. The van der Waals surface area contributed by atoms with Gasteiger partial charge in [-0.1, -0.05) is 23.2 Å². The summed E-state index contributed by atoms with van der Waals surface area (Å²) in [7, 11) is 0. The molecule has 1 aromatic heterocycles. The monoisotopic (exact) mass is 276 g/mol. The smallest absolute Gasteiger partial charge is 0.174 e. The fourth-order valence-corrected chi connectivity index (χ4v) is 1.89. The summed E-state index contributed by atoms with van der Waals surface area (Å²) < 4.78 is 1.50. The van der Waals surface area contributed by atoms with Crippen molar-refractivity contribution in [2.24, 2.45) is 0 Å². The van der Waals surface area contributed by atoms with Gasteiger partial charge in [0, 0.05) is 5.02 Å². The summed E-state index contributed by atoms with van der Waals surface area (Å²) in [6.45, 7) is 1.79. The van der Waals surface area contributed by atoms with Crippen LogP contribution in [0.25, 0.3) is 5.69 Å². The molecule has 0 N–H and O–H groups in total. The van der Waals surface area contributed by atoms with Crippen molar-refractivity contribution in [2.45, 2.75) is 12.3 Å². The maximum atomic E-state index is 6.05. The van der Waals surface area contributed by atoms with Crippen LogP contribution >= 0.6 is 34.8 Å². The summed E-state index contributed by atoms with van der Waals surface area (Å²) >= 11 is 17.8. The molecule has 16 heavy (non-hydrogen) atoms. The second-order valence-corrected chi connectivity index (χ2v) is 4.66. The largest absolute Gasteiger partial charge is 0.194 e. The van der Waals surface area contributed by atoms with Gasteiger partial charge in [-0.3, -0.25) is 0 Å². The van der Waals surface area contributed by atoms with Crippen LogP contribution in [-0.2, 0) is 0 Å². The van der Waals surface area contributed by atoms with Gasteiger partial charge >= 0.3 is 0 Å². The first kappa shape index (κ1) is 11.6. The van der Waals surface area contributed by atoms with Crippen LogP contribution in [0.1, 0.15) is 18.1 Å². The molecule has 0 radical (unpaired) electrons. The maximum Gasteiger partial charge on any atom is 0.174 e. The third kappa shape index (κ3) is 2.14. The van der Waals surface area contributed by atoms with E-state index in [-0.39, 0.29) is 5.38 Å². The van der Waals surface area contributed by atoms with Crippen molar-refractivity contribution in [3.8, 4) is 5.69 Å². The fraction of sp³-hybridized carbons (Fsp3) is 0.222. The van der Waals surface area contributed by atoms with Crippen LogP contribution in [0.2, 0.25) is 10.0 Å². The molecule has 0 aliphatic heterocycles. The summed E-state index contributed by atoms with van der Waals surface area (Å²) in [4.78, 5) is 0. The van der Waals surface area contributed by atoms with E-state index in [2.05, 4.69) is 15.5 Å². The SMILES string of the molecule is CC(Cl)c1nnnn1-c1ccc(Cl)cc1Cl. The first-order chi connectivity index (χ1) is 7.59. The minimum Gasteiger partial charge on any atom is -0.194 e. The van der Waals surface area contributed by atoms with Crippen molar-refractivity contribution >= 4 is 34.8 Å². The summed E-state index contributed by atoms with van der Waals surface area (Å²) in [5.74, 6) is 0.533. The number of alkyl halides is 1. The number of tetrazole rings is 1. The molecule has 0 saturated carbocycles. The molecule has 0 aliphatic carbocycles. The highest BCUT2D eigenvalue weighted by Crippen LogP contribution is 2.26. The molecule has 0 saturated heterocycles. The van der Waals surface area contributed by atoms with Crippen molar-refractivity contribution < 1.29 is 0 Å². The quantitative estimate of drug-likeness (QED) is 0.791. The molecule has 1 aromatic carbocycles. The predicted molar refractivity (Wildman–Crippen MR) is 63.4 cm³/mol. The molecule has 0 spiro atoms. The van der Waals surface area contributed by atoms with Crippen LogP contribution < -0.4 is 0 Å². The molecule has 1 unspecified atom stereocenters. The third-order valence-corrected chi connectivity index (χ3v) is 2.72. The van der Waals surface area contributed by atoms with Crippen LogP contribution in [0.3, 0.4) is 0 Å². The van der Waals surface area contributed by atoms with E-state index in [9.17, 15) is 0 Å². The van der Waals surface area contributed by atoms with Gasteiger partial charge in [-0.05, 0) is 35.5 Å². The lowest BCUT2D eigenvalue weighted by Crippen LogP contribution is -2.04. The Kier molecular flexibility index (Phi) is 3.33. The molecule has 0 fully saturated rings. The molecule has 0 aliphatic rings. The third-order valence-electron chi connectivity index (χ3n) is 1.99. The number of aromatic nitrogens is 4. The molecular weight excluding hydrogens is 270 g/mol. The highest BCUT2D eigenvalue weighted by atomic mass is 35.5. The van der Waals surface area contributed by atoms with Gasteiger partial charge in [-0.25, -0.2) is 0 Å². The first-order valence-corrected chi connectivity index (χ1v) is 5.66. The number of hydrogen-bond donors (Lipinski definition) is 0. The van der Waals surface area contributed by atoms with Crippen LogP contribution in [0, 0.1) is 0 Å². The van der Waals surface area contributed by atoms with Gasteiger partial charge in [0.15, 0.2) is 5.82 Å². The van der Waals surface area contributed by atoms with E-state index in [1.807, 2.05) is 0 Å². The normalized spacial score (nSPS) is 12.8. The lowest BCUT2D eigenvalue weighted by molar-refractivity contribution is 0.761. The molecule has 1 heterocycles. The highest BCUT2D eigenvalue weighted by molar-refractivity contribution is 6.35. The lowest BCUT2D eigenvalue weighted by Gasteiger charge is -2.07. The van der Waals surface area contributed by atoms with E-state index < -0.39 is 0 Å². The molecule has 1 atom stereocenters. The summed E-state index contributed by atoms with van der Waals surface area (Å²) in [6, 6.07) is 5.08. The van der Waals surface area contributed by atoms with Gasteiger partial charge in [0.05, 0.1) is 16.1 Å². The Morgan fingerprint density at radius 2 is 2.06 bits per heavy atom. The molecule has 4 nitrogen and oxygen atoms in total. The van der Waals surface area contributed by atoms with Gasteiger partial charge in [-0.2, -0.15) is 4.68 Å². The van der Waals surface area contributed by atoms with E-state index >= 15 is 0 Å². The van der Waals surface area contributed by atoms with E-state index in [0.29, 0.717) is 21.6 Å². The Morgan fingerprint density at radius 1 is 1.31 bits per heavy atom. The summed E-state index contributed by atoms with van der Waals surface area (Å²) in [5, 5.41) is 12.0. The minimum atomic E-state index is -0.304. The average Bonchev–Trinajstić information content (AvgIpc) is 2.66. The van der Waals surface area contributed by atoms with Crippen LogP contribution in [0.15, 0.2) is 18.2 Å². The van der Waals surface area contributed by atoms with E-state index in [1.54, 1.807) is 25.1 Å². The predicted octanol–water partition coefficient (Wildman–Crippen LogP) is 3.27. The molecule has 2 aromatic rings. The fourth-order valence-electron chi connectivity index (χ4n) is 1.27. The summed E-state index contributed by atoms with van der Waals surface area (Å²) in [6.07, 6.45) is 0. The van der Waals surface area contributed by atoms with Crippen molar-refractivity contribution in [3.05, 3.63) is 34.1 Å². The molecule has 84 valence electrons. The topological polar surface area (TPSA) is 43.6 Å². The molecule has 0 bridgehead atoms. The number of rotatable bonds is 2. The van der Waals surface area contributed by atoms with Gasteiger partial charge in [-0.15, -0.1) is 16.7 Å². The van der Waals surface area contributed by atoms with E-state index in [1.165, 1.54) is 4.68 Å². The first-order valence-electron chi connectivity index (χ1n) is 4.47. The highest BCUT2D eigenvalue weighted by Gasteiger charge is 2.15. The second-order valence-electron chi connectivity index (χ2n) is 3.16. The van der Waals surface area contributed by atoms with E-state index in [4.69, 9.17) is 34.8 Å². The average molecular weight is 278 g/mol. The van der Waals surface area contributed by atoms with Crippen LogP contribution in [-0.4, -0.2) is 20.2 Å². The van der Waals surface area contributed by atoms with Gasteiger partial charge in [0.25, 0.3) is 0 Å². The number of benzene rings is 1. The maximum absolute atomic E-state index is 6.05. The molecule has 7 heteroatoms. The zero-order valence-corrected chi connectivity index (χ0v) is 10.5.